The van der Waals surface area contributed by atoms with Gasteiger partial charge in [0.25, 0.3) is 0 Å². The highest BCUT2D eigenvalue weighted by Crippen LogP contribution is 2.31. The number of nitrogens with zero attached hydrogens (tertiary/aromatic N) is 2. The van der Waals surface area contributed by atoms with Crippen LogP contribution < -0.4 is 5.32 Å². The van der Waals surface area contributed by atoms with Crippen molar-refractivity contribution in [1.82, 2.24) is 14.9 Å². The smallest absolute Gasteiger partial charge is 0.223 e. The van der Waals surface area contributed by atoms with Crippen LogP contribution in [0.1, 0.15) is 38.6 Å². The Kier molecular flexibility index (Phi) is 3.24. The molecule has 1 heterocycles. The normalized spacial score (nSPS) is 16.6. The van der Waals surface area contributed by atoms with Gasteiger partial charge < -0.3 is 9.88 Å². The van der Waals surface area contributed by atoms with Gasteiger partial charge in [0.2, 0.25) is 5.91 Å². The van der Waals surface area contributed by atoms with Gasteiger partial charge in [0.15, 0.2) is 0 Å². The predicted octanol–water partition coefficient (Wildman–Crippen LogP) is 2.80. The quantitative estimate of drug-likeness (QED) is 0.929. The molecule has 1 unspecified atom stereocenters. The Morgan fingerprint density at radius 3 is 2.65 bits per heavy atom. The van der Waals surface area contributed by atoms with E-state index in [1.807, 2.05) is 25.2 Å². The first-order chi connectivity index (χ1) is 9.58. The van der Waals surface area contributed by atoms with Gasteiger partial charge in [-0.2, -0.15) is 0 Å². The van der Waals surface area contributed by atoms with Crippen molar-refractivity contribution in [3.63, 3.8) is 0 Å². The van der Waals surface area contributed by atoms with Gasteiger partial charge in [0.1, 0.15) is 5.82 Å². The third-order valence-electron chi connectivity index (χ3n) is 4.01. The molecule has 1 saturated carbocycles. The predicted molar refractivity (Wildman–Crippen MR) is 79.2 cm³/mol. The van der Waals surface area contributed by atoms with Crippen molar-refractivity contribution in [2.45, 2.75) is 32.7 Å². The van der Waals surface area contributed by atoms with Crippen LogP contribution >= 0.6 is 0 Å². The molecule has 0 radical (unpaired) electrons. The molecule has 20 heavy (non-hydrogen) atoms. The van der Waals surface area contributed by atoms with Gasteiger partial charge in [0.05, 0.1) is 17.1 Å². The lowest BCUT2D eigenvalue weighted by atomic mass is 10.0. The minimum Gasteiger partial charge on any atom is -0.346 e. The lowest BCUT2D eigenvalue weighted by Crippen LogP contribution is -2.34. The Bertz CT molecular complexity index is 640. The number of carbonyl (C=O) groups is 1. The lowest BCUT2D eigenvalue weighted by molar-refractivity contribution is -0.123. The zero-order valence-electron chi connectivity index (χ0n) is 12.3. The zero-order chi connectivity index (χ0) is 14.3. The Balaban J connectivity index is 1.96. The molecule has 0 aliphatic heterocycles. The lowest BCUT2D eigenvalue weighted by Gasteiger charge is -2.22. The number of benzene rings is 1. The van der Waals surface area contributed by atoms with Crippen LogP contribution in [0.2, 0.25) is 0 Å². The molecule has 0 saturated heterocycles. The molecule has 1 atom stereocenters. The van der Waals surface area contributed by atoms with Gasteiger partial charge in [-0.25, -0.2) is 4.98 Å². The van der Waals surface area contributed by atoms with Crippen molar-refractivity contribution in [2.24, 2.45) is 18.9 Å². The van der Waals surface area contributed by atoms with Gasteiger partial charge in [-0.15, -0.1) is 0 Å². The number of imidazole rings is 1. The molecular formula is C16H21N3O. The van der Waals surface area contributed by atoms with Gasteiger partial charge in [-0.3, -0.25) is 4.79 Å². The molecule has 0 bridgehead atoms. The maximum absolute atomic E-state index is 12.1. The van der Waals surface area contributed by atoms with Crippen molar-refractivity contribution >= 4 is 16.9 Å². The largest absolute Gasteiger partial charge is 0.346 e. The number of carbonyl (C=O) groups excluding carboxylic acids is 1. The van der Waals surface area contributed by atoms with Crippen LogP contribution in [0, 0.1) is 11.8 Å². The molecule has 0 spiro atoms. The molecule has 1 aromatic carbocycles. The molecule has 1 N–H and O–H groups in total. The first kappa shape index (κ1) is 13.2. The highest BCUT2D eigenvalue weighted by Gasteiger charge is 2.33. The molecule has 2 aromatic rings. The maximum Gasteiger partial charge on any atom is 0.223 e. The van der Waals surface area contributed by atoms with Crippen molar-refractivity contribution in [2.75, 3.05) is 0 Å². The summed E-state index contributed by atoms with van der Waals surface area (Å²) in [5, 5.41) is 3.17. The van der Waals surface area contributed by atoms with Crippen molar-refractivity contribution in [1.29, 1.82) is 0 Å². The number of hydrogen-bond acceptors (Lipinski definition) is 2. The summed E-state index contributed by atoms with van der Waals surface area (Å²) in [5.74, 6) is 1.66. The average molecular weight is 271 g/mol. The summed E-state index contributed by atoms with van der Waals surface area (Å²) >= 11 is 0. The molecule has 4 nitrogen and oxygen atoms in total. The van der Waals surface area contributed by atoms with Crippen LogP contribution in [0.15, 0.2) is 24.3 Å². The fraction of sp³-hybridized carbons (Fsp3) is 0.500. The summed E-state index contributed by atoms with van der Waals surface area (Å²) in [4.78, 5) is 16.8. The van der Waals surface area contributed by atoms with Crippen molar-refractivity contribution in [3.05, 3.63) is 30.1 Å². The molecule has 1 aliphatic rings. The second kappa shape index (κ2) is 4.93. The first-order valence-corrected chi connectivity index (χ1v) is 7.29. The summed E-state index contributed by atoms with van der Waals surface area (Å²) in [7, 11) is 2.02. The van der Waals surface area contributed by atoms with E-state index in [4.69, 9.17) is 4.98 Å². The number of aryl methyl sites for hydroxylation is 1. The number of hydrogen-bond donors (Lipinski definition) is 1. The van der Waals surface area contributed by atoms with Crippen LogP contribution in [0.4, 0.5) is 0 Å². The number of fused-ring (bicyclic) bond motifs is 1. The van der Waals surface area contributed by atoms with Gasteiger partial charge in [-0.05, 0) is 30.9 Å². The highest BCUT2D eigenvalue weighted by atomic mass is 16.2. The number of amides is 1. The van der Waals surface area contributed by atoms with Gasteiger partial charge in [0, 0.05) is 13.0 Å². The summed E-state index contributed by atoms with van der Waals surface area (Å²) in [5.41, 5.74) is 2.09. The van der Waals surface area contributed by atoms with E-state index in [2.05, 4.69) is 29.8 Å². The van der Waals surface area contributed by atoms with Crippen LogP contribution in [0.5, 0.6) is 0 Å². The standard InChI is InChI=1S/C16H21N3O/c1-10(2)14(18-16(20)11-8-9-11)15-17-12-6-4-5-7-13(12)19(15)3/h4-7,10-11,14H,8-9H2,1-3H3,(H,18,20). The third kappa shape index (κ3) is 2.30. The topological polar surface area (TPSA) is 46.9 Å². The Labute approximate surface area is 119 Å². The van der Waals surface area contributed by atoms with E-state index in [9.17, 15) is 4.79 Å². The monoisotopic (exact) mass is 271 g/mol. The minimum atomic E-state index is -0.0273. The summed E-state index contributed by atoms with van der Waals surface area (Å²) in [6.07, 6.45) is 2.05. The van der Waals surface area contributed by atoms with Gasteiger partial charge in [-0.1, -0.05) is 26.0 Å². The molecule has 1 aromatic heterocycles. The SMILES string of the molecule is CC(C)C(NC(=O)C1CC1)c1nc2ccccc2n1C. The Morgan fingerprint density at radius 2 is 2.05 bits per heavy atom. The van der Waals surface area contributed by atoms with E-state index in [1.54, 1.807) is 0 Å². The molecule has 1 aliphatic carbocycles. The fourth-order valence-electron chi connectivity index (χ4n) is 2.59. The number of rotatable bonds is 4. The Hall–Kier alpha value is -1.84. The summed E-state index contributed by atoms with van der Waals surface area (Å²) in [6, 6.07) is 8.05. The molecule has 106 valence electrons. The number of aromatic nitrogens is 2. The van der Waals surface area contributed by atoms with Crippen LogP contribution in [-0.2, 0) is 11.8 Å². The second-order valence-corrected chi connectivity index (χ2v) is 6.02. The molecule has 1 fully saturated rings. The maximum atomic E-state index is 12.1. The molecule has 1 amide bonds. The van der Waals surface area contributed by atoms with E-state index < -0.39 is 0 Å². The van der Waals surface area contributed by atoms with Gasteiger partial charge >= 0.3 is 0 Å². The van der Waals surface area contributed by atoms with E-state index in [1.165, 1.54) is 0 Å². The zero-order valence-corrected chi connectivity index (χ0v) is 12.3. The molecule has 4 heteroatoms. The fourth-order valence-corrected chi connectivity index (χ4v) is 2.59. The van der Waals surface area contributed by atoms with Crippen LogP contribution in [0.3, 0.4) is 0 Å². The highest BCUT2D eigenvalue weighted by molar-refractivity contribution is 5.81. The van der Waals surface area contributed by atoms with Crippen LogP contribution in [-0.4, -0.2) is 15.5 Å². The molecule has 3 rings (SSSR count). The van der Waals surface area contributed by atoms with E-state index in [-0.39, 0.29) is 17.9 Å². The molecular weight excluding hydrogens is 250 g/mol. The van der Waals surface area contributed by atoms with E-state index in [0.717, 1.165) is 29.7 Å². The summed E-state index contributed by atoms with van der Waals surface area (Å²) < 4.78 is 2.09. The summed E-state index contributed by atoms with van der Waals surface area (Å²) in [6.45, 7) is 4.24. The van der Waals surface area contributed by atoms with E-state index in [0.29, 0.717) is 5.92 Å². The van der Waals surface area contributed by atoms with Crippen LogP contribution in [0.25, 0.3) is 11.0 Å². The third-order valence-corrected chi connectivity index (χ3v) is 4.01. The van der Waals surface area contributed by atoms with E-state index >= 15 is 0 Å². The first-order valence-electron chi connectivity index (χ1n) is 7.29. The number of nitrogens with one attached hydrogen (secondary N) is 1. The van der Waals surface area contributed by atoms with Crippen molar-refractivity contribution < 1.29 is 4.79 Å². The average Bonchev–Trinajstić information content (AvgIpc) is 3.22. The van der Waals surface area contributed by atoms with Crippen molar-refractivity contribution in [3.8, 4) is 0 Å². The second-order valence-electron chi connectivity index (χ2n) is 6.02. The Morgan fingerprint density at radius 1 is 1.35 bits per heavy atom. The minimum absolute atomic E-state index is 0.0273. The number of para-hydroxylation sites is 2.